The molecule has 1 aromatic carbocycles. The lowest BCUT2D eigenvalue weighted by Gasteiger charge is -2.21. The number of carbonyl (C=O) groups excluding carboxylic acids is 1. The van der Waals surface area contributed by atoms with Gasteiger partial charge in [0.05, 0.1) is 19.1 Å². The van der Waals surface area contributed by atoms with Gasteiger partial charge in [-0.2, -0.15) is 0 Å². The highest BCUT2D eigenvalue weighted by Crippen LogP contribution is 2.32. The summed E-state index contributed by atoms with van der Waals surface area (Å²) in [5.41, 5.74) is 0.453. The maximum absolute atomic E-state index is 11.8. The van der Waals surface area contributed by atoms with Crippen molar-refractivity contribution in [3.8, 4) is 5.75 Å². The Bertz CT molecular complexity index is 467. The molecule has 1 amide bonds. The maximum Gasteiger partial charge on any atom is 0.222 e. The average Bonchev–Trinajstić information content (AvgIpc) is 2.90. The van der Waals surface area contributed by atoms with Crippen molar-refractivity contribution in [3.63, 3.8) is 0 Å². The van der Waals surface area contributed by atoms with Crippen LogP contribution >= 0.6 is 0 Å². The van der Waals surface area contributed by atoms with Crippen LogP contribution in [0.15, 0.2) is 24.3 Å². The summed E-state index contributed by atoms with van der Waals surface area (Å²) in [6, 6.07) is 7.98. The molecule has 0 aliphatic heterocycles. The molecular weight excluding hydrogens is 266 g/mol. The first-order chi connectivity index (χ1) is 10.1. The third-order valence-electron chi connectivity index (χ3n) is 4.12. The Labute approximate surface area is 126 Å². The second kappa shape index (κ2) is 7.46. The van der Waals surface area contributed by atoms with Gasteiger partial charge in [0.25, 0.3) is 0 Å². The number of nitrogens with one attached hydrogen (secondary N) is 1. The highest BCUT2D eigenvalue weighted by atomic mass is 16.5. The molecule has 4 heteroatoms. The molecule has 1 fully saturated rings. The minimum atomic E-state index is -0.753. The smallest absolute Gasteiger partial charge is 0.222 e. The van der Waals surface area contributed by atoms with E-state index in [2.05, 4.69) is 11.4 Å². The number of hydrogen-bond donors (Lipinski definition) is 2. The molecule has 0 heterocycles. The van der Waals surface area contributed by atoms with E-state index in [0.717, 1.165) is 44.3 Å². The number of ether oxygens (including phenoxy) is 1. The van der Waals surface area contributed by atoms with Gasteiger partial charge in [0.15, 0.2) is 0 Å². The molecular formula is C17H25NO3. The van der Waals surface area contributed by atoms with E-state index in [0.29, 0.717) is 6.54 Å². The molecule has 1 aromatic rings. The molecule has 0 radical (unpaired) electrons. The topological polar surface area (TPSA) is 58.6 Å². The number of methoxy groups -OCH3 is 1. The number of carbonyl (C=O) groups is 1. The third kappa shape index (κ3) is 5.05. The summed E-state index contributed by atoms with van der Waals surface area (Å²) < 4.78 is 5.19. The summed E-state index contributed by atoms with van der Waals surface area (Å²) in [5.74, 6) is 0.824. The number of hydrogen-bond acceptors (Lipinski definition) is 3. The van der Waals surface area contributed by atoms with Crippen molar-refractivity contribution in [2.45, 2.75) is 50.5 Å². The van der Waals surface area contributed by atoms with Gasteiger partial charge in [0.2, 0.25) is 5.91 Å². The van der Waals surface area contributed by atoms with Crippen LogP contribution in [0.4, 0.5) is 0 Å². The fraction of sp³-hybridized carbons (Fsp3) is 0.588. The standard InChI is InChI=1S/C17H25NO3/c1-21-15-8-4-6-14(12-15)7-5-11-18-16(19)13-17(20)9-2-3-10-17/h4,6,8,12,20H,2-3,5,7,9-11,13H2,1H3,(H,18,19). The number of benzene rings is 1. The van der Waals surface area contributed by atoms with Crippen molar-refractivity contribution in [2.75, 3.05) is 13.7 Å². The zero-order valence-corrected chi connectivity index (χ0v) is 12.7. The van der Waals surface area contributed by atoms with E-state index in [1.54, 1.807) is 7.11 Å². The Morgan fingerprint density at radius 3 is 2.86 bits per heavy atom. The maximum atomic E-state index is 11.8. The molecule has 116 valence electrons. The Balaban J connectivity index is 1.66. The van der Waals surface area contributed by atoms with Crippen LogP contribution < -0.4 is 10.1 Å². The first kappa shape index (κ1) is 15.8. The number of aryl methyl sites for hydroxylation is 1. The number of rotatable bonds is 7. The lowest BCUT2D eigenvalue weighted by atomic mass is 9.97. The second-order valence-corrected chi connectivity index (χ2v) is 5.91. The lowest BCUT2D eigenvalue weighted by Crippen LogP contribution is -2.35. The average molecular weight is 291 g/mol. The summed E-state index contributed by atoms with van der Waals surface area (Å²) in [7, 11) is 1.66. The molecule has 21 heavy (non-hydrogen) atoms. The molecule has 0 atom stereocenters. The zero-order valence-electron chi connectivity index (χ0n) is 12.7. The van der Waals surface area contributed by atoms with Crippen LogP contribution in [0.2, 0.25) is 0 Å². The predicted molar refractivity (Wildman–Crippen MR) is 82.4 cm³/mol. The van der Waals surface area contributed by atoms with Crippen LogP contribution in [0.25, 0.3) is 0 Å². The summed E-state index contributed by atoms with van der Waals surface area (Å²) in [5, 5.41) is 13.1. The third-order valence-corrected chi connectivity index (χ3v) is 4.12. The molecule has 0 unspecified atom stereocenters. The molecule has 4 nitrogen and oxygen atoms in total. The Kier molecular flexibility index (Phi) is 5.62. The zero-order chi connectivity index (χ0) is 15.1. The quantitative estimate of drug-likeness (QED) is 0.759. The number of aliphatic hydroxyl groups is 1. The molecule has 1 aliphatic carbocycles. The fourth-order valence-corrected chi connectivity index (χ4v) is 2.92. The molecule has 2 N–H and O–H groups in total. The van der Waals surface area contributed by atoms with E-state index in [9.17, 15) is 9.90 Å². The van der Waals surface area contributed by atoms with Gasteiger partial charge in [-0.05, 0) is 43.4 Å². The largest absolute Gasteiger partial charge is 0.497 e. The van der Waals surface area contributed by atoms with Gasteiger partial charge in [-0.3, -0.25) is 4.79 Å². The number of amides is 1. The van der Waals surface area contributed by atoms with Gasteiger partial charge in [-0.25, -0.2) is 0 Å². The van der Waals surface area contributed by atoms with Gasteiger partial charge < -0.3 is 15.2 Å². The van der Waals surface area contributed by atoms with E-state index in [1.807, 2.05) is 18.2 Å². The minimum Gasteiger partial charge on any atom is -0.497 e. The predicted octanol–water partition coefficient (Wildman–Crippen LogP) is 2.44. The molecule has 0 saturated heterocycles. The highest BCUT2D eigenvalue weighted by molar-refractivity contribution is 5.77. The van der Waals surface area contributed by atoms with Crippen LogP contribution in [-0.2, 0) is 11.2 Å². The van der Waals surface area contributed by atoms with Crippen LogP contribution in [0, 0.1) is 0 Å². The highest BCUT2D eigenvalue weighted by Gasteiger charge is 2.33. The van der Waals surface area contributed by atoms with Crippen LogP contribution in [0.1, 0.15) is 44.1 Å². The van der Waals surface area contributed by atoms with E-state index in [-0.39, 0.29) is 12.3 Å². The second-order valence-electron chi connectivity index (χ2n) is 5.91. The van der Waals surface area contributed by atoms with E-state index in [1.165, 1.54) is 5.56 Å². The normalized spacial score (nSPS) is 16.7. The van der Waals surface area contributed by atoms with Gasteiger partial charge in [-0.15, -0.1) is 0 Å². The fourth-order valence-electron chi connectivity index (χ4n) is 2.92. The molecule has 0 bridgehead atoms. The van der Waals surface area contributed by atoms with Crippen molar-refractivity contribution in [3.05, 3.63) is 29.8 Å². The van der Waals surface area contributed by atoms with Gasteiger partial charge in [-0.1, -0.05) is 25.0 Å². The van der Waals surface area contributed by atoms with E-state index in [4.69, 9.17) is 4.74 Å². The van der Waals surface area contributed by atoms with Crippen molar-refractivity contribution < 1.29 is 14.6 Å². The van der Waals surface area contributed by atoms with E-state index < -0.39 is 5.60 Å². The molecule has 2 rings (SSSR count). The SMILES string of the molecule is COc1cccc(CCCNC(=O)CC2(O)CCCC2)c1. The van der Waals surface area contributed by atoms with Gasteiger partial charge in [0, 0.05) is 6.54 Å². The van der Waals surface area contributed by atoms with Crippen LogP contribution in [0.5, 0.6) is 5.75 Å². The van der Waals surface area contributed by atoms with Crippen molar-refractivity contribution in [1.82, 2.24) is 5.32 Å². The first-order valence-corrected chi connectivity index (χ1v) is 7.73. The molecule has 0 spiro atoms. The monoisotopic (exact) mass is 291 g/mol. The van der Waals surface area contributed by atoms with Gasteiger partial charge >= 0.3 is 0 Å². The van der Waals surface area contributed by atoms with Crippen molar-refractivity contribution in [2.24, 2.45) is 0 Å². The Hall–Kier alpha value is -1.55. The first-order valence-electron chi connectivity index (χ1n) is 7.73. The molecule has 1 saturated carbocycles. The summed E-state index contributed by atoms with van der Waals surface area (Å²) in [6.07, 6.45) is 5.60. The van der Waals surface area contributed by atoms with Crippen molar-refractivity contribution in [1.29, 1.82) is 0 Å². The van der Waals surface area contributed by atoms with Crippen LogP contribution in [0.3, 0.4) is 0 Å². The Morgan fingerprint density at radius 2 is 2.14 bits per heavy atom. The lowest BCUT2D eigenvalue weighted by molar-refractivity contribution is -0.125. The van der Waals surface area contributed by atoms with Crippen molar-refractivity contribution >= 4 is 5.91 Å². The van der Waals surface area contributed by atoms with Crippen LogP contribution in [-0.4, -0.2) is 30.3 Å². The minimum absolute atomic E-state index is 0.0370. The van der Waals surface area contributed by atoms with E-state index >= 15 is 0 Å². The summed E-state index contributed by atoms with van der Waals surface area (Å²) >= 11 is 0. The summed E-state index contributed by atoms with van der Waals surface area (Å²) in [4.78, 5) is 11.8. The molecule has 0 aromatic heterocycles. The van der Waals surface area contributed by atoms with Gasteiger partial charge in [0.1, 0.15) is 5.75 Å². The molecule has 1 aliphatic rings. The Morgan fingerprint density at radius 1 is 1.38 bits per heavy atom. The summed E-state index contributed by atoms with van der Waals surface area (Å²) in [6.45, 7) is 0.645.